The molecule has 0 amide bonds. The number of ether oxygens (including phenoxy) is 2. The van der Waals surface area contributed by atoms with Gasteiger partial charge in [0.15, 0.2) is 0 Å². The van der Waals surface area contributed by atoms with Crippen LogP contribution in [-0.4, -0.2) is 13.2 Å². The molecule has 1 fully saturated rings. The molecule has 1 heterocycles. The van der Waals surface area contributed by atoms with Crippen LogP contribution in [0, 0.1) is 13.2 Å². The molecule has 0 atom stereocenters. The van der Waals surface area contributed by atoms with Crippen molar-refractivity contribution in [1.29, 1.82) is 0 Å². The largest absolute Gasteiger partial charge is 0.370 e. The van der Waals surface area contributed by atoms with E-state index in [1.54, 1.807) is 13.2 Å². The van der Waals surface area contributed by atoms with Crippen LogP contribution in [0.4, 0.5) is 0 Å². The molecule has 0 N–H and O–H groups in total. The first-order chi connectivity index (χ1) is 3.00. The molecule has 1 saturated heterocycles. The van der Waals surface area contributed by atoms with Gasteiger partial charge in [-0.1, -0.05) is 0 Å². The van der Waals surface area contributed by atoms with E-state index in [0.29, 0.717) is 13.2 Å². The van der Waals surface area contributed by atoms with E-state index in [4.69, 9.17) is 9.47 Å². The third kappa shape index (κ3) is 0.954. The minimum Gasteiger partial charge on any atom is -0.370 e. The summed E-state index contributed by atoms with van der Waals surface area (Å²) >= 11 is 0. The molecule has 0 spiro atoms. The van der Waals surface area contributed by atoms with Gasteiger partial charge in [0.05, 0.1) is 13.2 Å². The van der Waals surface area contributed by atoms with E-state index in [2.05, 4.69) is 0 Å². The molecule has 0 aromatic carbocycles. The molecule has 0 aromatic heterocycles. The number of hydrogen-bond donors (Lipinski definition) is 0. The van der Waals surface area contributed by atoms with Gasteiger partial charge in [-0.05, 0) is 0 Å². The summed E-state index contributed by atoms with van der Waals surface area (Å²) in [5.41, 5.74) is 0. The van der Waals surface area contributed by atoms with E-state index in [0.717, 1.165) is 0 Å². The van der Waals surface area contributed by atoms with E-state index < -0.39 is 0 Å². The highest BCUT2D eigenvalue weighted by Crippen LogP contribution is 1.94. The topological polar surface area (TPSA) is 18.5 Å². The quantitative estimate of drug-likeness (QED) is 0.423. The zero-order chi connectivity index (χ0) is 4.24. The van der Waals surface area contributed by atoms with Gasteiger partial charge in [0, 0.05) is 0 Å². The summed E-state index contributed by atoms with van der Waals surface area (Å²) in [5.74, 6) is 0. The van der Waals surface area contributed by atoms with Gasteiger partial charge in [-0.3, -0.25) is 0 Å². The highest BCUT2D eigenvalue weighted by Gasteiger charge is 1.96. The smallest absolute Gasteiger partial charge is 0.109 e. The third-order valence-electron chi connectivity index (χ3n) is 0.564. The summed E-state index contributed by atoms with van der Waals surface area (Å²) < 4.78 is 9.53. The van der Waals surface area contributed by atoms with Crippen LogP contribution in [0.1, 0.15) is 0 Å². The second-order valence-electron chi connectivity index (χ2n) is 1.00. The van der Waals surface area contributed by atoms with Gasteiger partial charge in [0.25, 0.3) is 0 Å². The van der Waals surface area contributed by atoms with Crippen molar-refractivity contribution in [1.82, 2.24) is 0 Å². The third-order valence-corrected chi connectivity index (χ3v) is 0.564. The van der Waals surface area contributed by atoms with Crippen molar-refractivity contribution < 1.29 is 9.47 Å². The van der Waals surface area contributed by atoms with Gasteiger partial charge >= 0.3 is 0 Å². The predicted octanol–water partition coefficient (Wildman–Crippen LogP) is 0.357. The average molecular weight is 86.1 g/mol. The van der Waals surface area contributed by atoms with Gasteiger partial charge in [-0.25, -0.2) is 0 Å². The van der Waals surface area contributed by atoms with Crippen LogP contribution >= 0.6 is 0 Å². The first-order valence-corrected chi connectivity index (χ1v) is 1.87. The van der Waals surface area contributed by atoms with Crippen LogP contribution in [0.25, 0.3) is 0 Å². The van der Waals surface area contributed by atoms with Crippen LogP contribution in [0.3, 0.4) is 0 Å². The fourth-order valence-electron chi connectivity index (χ4n) is 0.311. The lowest BCUT2D eigenvalue weighted by molar-refractivity contribution is 0.0508. The molecule has 6 heavy (non-hydrogen) atoms. The maximum absolute atomic E-state index is 4.76. The standard InChI is InChI=1S/C4H6O2/c1-2-6-4-3-5-1/h1,4H,2-3H2. The molecule has 0 unspecified atom stereocenters. The predicted molar refractivity (Wildman–Crippen MR) is 20.5 cm³/mol. The summed E-state index contributed by atoms with van der Waals surface area (Å²) in [7, 11) is 0. The molecule has 2 radical (unpaired) electrons. The number of hydrogen-bond acceptors (Lipinski definition) is 2. The normalized spacial score (nSPS) is 24.0. The lowest BCUT2D eigenvalue weighted by atomic mass is 10.6. The van der Waals surface area contributed by atoms with Gasteiger partial charge in [0.2, 0.25) is 0 Å². The Labute approximate surface area is 37.1 Å². The van der Waals surface area contributed by atoms with Crippen molar-refractivity contribution in [3.63, 3.8) is 0 Å². The van der Waals surface area contributed by atoms with Gasteiger partial charge in [-0.2, -0.15) is 0 Å². The second kappa shape index (κ2) is 2.16. The molecule has 1 aliphatic rings. The highest BCUT2D eigenvalue weighted by atomic mass is 16.6. The lowest BCUT2D eigenvalue weighted by Gasteiger charge is -2.08. The van der Waals surface area contributed by atoms with Crippen LogP contribution in [-0.2, 0) is 9.47 Å². The van der Waals surface area contributed by atoms with Crippen molar-refractivity contribution in [3.8, 4) is 0 Å². The molecular formula is C4H6O2. The summed E-state index contributed by atoms with van der Waals surface area (Å²) in [6.45, 7) is 4.47. The molecule has 0 bridgehead atoms. The average Bonchev–Trinajstić information content (AvgIpc) is 1.72. The Morgan fingerprint density at radius 3 is 1.67 bits per heavy atom. The summed E-state index contributed by atoms with van der Waals surface area (Å²) in [5, 5.41) is 0. The SMILES string of the molecule is [CH]1CO[CH]CO1. The van der Waals surface area contributed by atoms with Gasteiger partial charge in [-0.15, -0.1) is 0 Å². The molecule has 0 aromatic rings. The van der Waals surface area contributed by atoms with Crippen LogP contribution in [0.15, 0.2) is 0 Å². The Hall–Kier alpha value is -0.0800. The van der Waals surface area contributed by atoms with Crippen LogP contribution < -0.4 is 0 Å². The Bertz CT molecular complexity index is 21.0. The maximum atomic E-state index is 4.76. The van der Waals surface area contributed by atoms with E-state index in [-0.39, 0.29) is 0 Å². The lowest BCUT2D eigenvalue weighted by Crippen LogP contribution is -2.07. The molecule has 2 nitrogen and oxygen atoms in total. The molecule has 0 aliphatic carbocycles. The van der Waals surface area contributed by atoms with Crippen molar-refractivity contribution in [2.75, 3.05) is 13.2 Å². The van der Waals surface area contributed by atoms with E-state index in [9.17, 15) is 0 Å². The fourth-order valence-corrected chi connectivity index (χ4v) is 0.311. The van der Waals surface area contributed by atoms with Crippen molar-refractivity contribution in [3.05, 3.63) is 13.2 Å². The van der Waals surface area contributed by atoms with Crippen LogP contribution in [0.5, 0.6) is 0 Å². The monoisotopic (exact) mass is 86.0 g/mol. The summed E-state index contributed by atoms with van der Waals surface area (Å²) in [6.07, 6.45) is 0. The van der Waals surface area contributed by atoms with E-state index >= 15 is 0 Å². The van der Waals surface area contributed by atoms with Crippen molar-refractivity contribution in [2.24, 2.45) is 0 Å². The first-order valence-electron chi connectivity index (χ1n) is 1.87. The summed E-state index contributed by atoms with van der Waals surface area (Å²) in [4.78, 5) is 0. The molecule has 1 aliphatic heterocycles. The van der Waals surface area contributed by atoms with Crippen molar-refractivity contribution >= 4 is 0 Å². The Morgan fingerprint density at radius 1 is 1.00 bits per heavy atom. The number of rotatable bonds is 0. The molecular weight excluding hydrogens is 80.0 g/mol. The Morgan fingerprint density at radius 2 is 1.50 bits per heavy atom. The first kappa shape index (κ1) is 4.09. The van der Waals surface area contributed by atoms with Crippen LogP contribution in [0.2, 0.25) is 0 Å². The molecule has 1 rings (SSSR count). The molecule has 2 heteroatoms. The van der Waals surface area contributed by atoms with E-state index in [1.165, 1.54) is 0 Å². The minimum atomic E-state index is 0.597. The van der Waals surface area contributed by atoms with E-state index in [1.807, 2.05) is 0 Å². The zero-order valence-electron chi connectivity index (χ0n) is 3.39. The second-order valence-corrected chi connectivity index (χ2v) is 1.00. The Balaban J connectivity index is 2.00. The Kier molecular flexibility index (Phi) is 1.47. The van der Waals surface area contributed by atoms with Gasteiger partial charge < -0.3 is 9.47 Å². The van der Waals surface area contributed by atoms with Crippen molar-refractivity contribution in [2.45, 2.75) is 0 Å². The van der Waals surface area contributed by atoms with Gasteiger partial charge in [0.1, 0.15) is 13.2 Å². The summed E-state index contributed by atoms with van der Waals surface area (Å²) in [6, 6.07) is 0. The highest BCUT2D eigenvalue weighted by molar-refractivity contribution is 4.59. The fraction of sp³-hybridized carbons (Fsp3) is 0.500. The zero-order valence-corrected chi connectivity index (χ0v) is 3.39. The molecule has 34 valence electrons. The maximum Gasteiger partial charge on any atom is 0.109 e. The molecule has 0 saturated carbocycles. The minimum absolute atomic E-state index is 0.597.